The molecule has 2 aromatic carbocycles. The van der Waals surface area contributed by atoms with Crippen LogP contribution in [0.2, 0.25) is 0 Å². The molecular weight excluding hydrogens is 340 g/mol. The van der Waals surface area contributed by atoms with Gasteiger partial charge in [-0.3, -0.25) is 4.79 Å². The van der Waals surface area contributed by atoms with Crippen LogP contribution in [0.5, 0.6) is 11.5 Å². The van der Waals surface area contributed by atoms with Crippen molar-refractivity contribution in [2.24, 2.45) is 0 Å². The number of carbonyl (C=O) groups excluding carboxylic acids is 1. The molecule has 1 aliphatic carbocycles. The minimum Gasteiger partial charge on any atom is -0.493 e. The maximum absolute atomic E-state index is 11.6. The number of carbonyl (C=O) groups is 1. The van der Waals surface area contributed by atoms with Crippen molar-refractivity contribution in [2.75, 3.05) is 12.4 Å². The first-order chi connectivity index (χ1) is 13.1. The summed E-state index contributed by atoms with van der Waals surface area (Å²) >= 11 is 0. The third-order valence-electron chi connectivity index (χ3n) is 4.85. The van der Waals surface area contributed by atoms with Gasteiger partial charge in [0.25, 0.3) is 0 Å². The van der Waals surface area contributed by atoms with Crippen LogP contribution in [0, 0.1) is 11.3 Å². The number of anilines is 1. The predicted molar refractivity (Wildman–Crippen MR) is 104 cm³/mol. The molecule has 0 heterocycles. The van der Waals surface area contributed by atoms with Gasteiger partial charge in [0.1, 0.15) is 6.07 Å². The van der Waals surface area contributed by atoms with E-state index in [0.29, 0.717) is 23.4 Å². The van der Waals surface area contributed by atoms with Crippen molar-refractivity contribution in [1.82, 2.24) is 0 Å². The number of ether oxygens (including phenoxy) is 2. The highest BCUT2D eigenvalue weighted by Crippen LogP contribution is 2.32. The summed E-state index contributed by atoms with van der Waals surface area (Å²) in [7, 11) is 1.64. The highest BCUT2D eigenvalue weighted by atomic mass is 16.5. The average Bonchev–Trinajstić information content (AvgIpc) is 3.19. The van der Waals surface area contributed by atoms with E-state index >= 15 is 0 Å². The molecular formula is C22H24N2O3. The number of rotatable bonds is 7. The van der Waals surface area contributed by atoms with E-state index in [9.17, 15) is 10.1 Å². The second kappa shape index (κ2) is 8.59. The van der Waals surface area contributed by atoms with Crippen molar-refractivity contribution in [3.63, 3.8) is 0 Å². The molecule has 0 atom stereocenters. The SMILES string of the molecule is COc1ccc(CNc2cc(C(C)=O)ccc2C#N)cc1OC1CCCC1. The highest BCUT2D eigenvalue weighted by molar-refractivity contribution is 5.95. The first-order valence-corrected chi connectivity index (χ1v) is 9.23. The van der Waals surface area contributed by atoms with E-state index in [-0.39, 0.29) is 11.9 Å². The van der Waals surface area contributed by atoms with Crippen LogP contribution < -0.4 is 14.8 Å². The third kappa shape index (κ3) is 4.59. The van der Waals surface area contributed by atoms with Gasteiger partial charge in [0.05, 0.1) is 24.5 Å². The number of hydrogen-bond acceptors (Lipinski definition) is 5. The van der Waals surface area contributed by atoms with E-state index in [0.717, 1.165) is 29.9 Å². The molecule has 0 spiro atoms. The normalized spacial score (nSPS) is 13.8. The quantitative estimate of drug-likeness (QED) is 0.721. The van der Waals surface area contributed by atoms with Gasteiger partial charge in [-0.2, -0.15) is 5.26 Å². The Bertz CT molecular complexity index is 864. The van der Waals surface area contributed by atoms with Crippen LogP contribution in [0.4, 0.5) is 5.69 Å². The summed E-state index contributed by atoms with van der Waals surface area (Å²) < 4.78 is 11.6. The lowest BCUT2D eigenvalue weighted by atomic mass is 10.1. The van der Waals surface area contributed by atoms with Gasteiger partial charge in [0.2, 0.25) is 0 Å². The van der Waals surface area contributed by atoms with E-state index in [1.807, 2.05) is 18.2 Å². The van der Waals surface area contributed by atoms with Crippen molar-refractivity contribution < 1.29 is 14.3 Å². The van der Waals surface area contributed by atoms with Crippen LogP contribution in [0.25, 0.3) is 0 Å². The molecule has 1 fully saturated rings. The Hall–Kier alpha value is -3.00. The molecule has 5 nitrogen and oxygen atoms in total. The van der Waals surface area contributed by atoms with Crippen LogP contribution in [0.15, 0.2) is 36.4 Å². The van der Waals surface area contributed by atoms with Crippen LogP contribution in [-0.2, 0) is 6.54 Å². The molecule has 0 amide bonds. The minimum absolute atomic E-state index is 0.0285. The monoisotopic (exact) mass is 364 g/mol. The molecule has 1 saturated carbocycles. The predicted octanol–water partition coefficient (Wildman–Crippen LogP) is 4.70. The van der Waals surface area contributed by atoms with Gasteiger partial charge in [0.15, 0.2) is 17.3 Å². The smallest absolute Gasteiger partial charge is 0.161 e. The Morgan fingerprint density at radius 1 is 1.19 bits per heavy atom. The summed E-state index contributed by atoms with van der Waals surface area (Å²) in [5.41, 5.74) is 2.76. The van der Waals surface area contributed by atoms with Gasteiger partial charge in [-0.1, -0.05) is 6.07 Å². The average molecular weight is 364 g/mol. The number of nitrogens with zero attached hydrogens (tertiary/aromatic N) is 1. The van der Waals surface area contributed by atoms with Crippen LogP contribution in [0.1, 0.15) is 54.1 Å². The minimum atomic E-state index is -0.0285. The third-order valence-corrected chi connectivity index (χ3v) is 4.85. The van der Waals surface area contributed by atoms with E-state index in [4.69, 9.17) is 9.47 Å². The Labute approximate surface area is 159 Å². The standard InChI is InChI=1S/C22H24N2O3/c1-15(25)17-8-9-18(13-23)20(12-17)24-14-16-7-10-21(26-2)22(11-16)27-19-5-3-4-6-19/h7-12,19,24H,3-6,14H2,1-2H3. The molecule has 0 bridgehead atoms. The van der Waals surface area contributed by atoms with Crippen LogP contribution in [-0.4, -0.2) is 19.0 Å². The lowest BCUT2D eigenvalue weighted by molar-refractivity contribution is 0.101. The van der Waals surface area contributed by atoms with Crippen LogP contribution in [0.3, 0.4) is 0 Å². The van der Waals surface area contributed by atoms with Gasteiger partial charge in [-0.25, -0.2) is 0 Å². The first kappa shape index (κ1) is 18.8. The number of nitrogens with one attached hydrogen (secondary N) is 1. The Balaban J connectivity index is 1.77. The fourth-order valence-electron chi connectivity index (χ4n) is 3.31. The maximum atomic E-state index is 11.6. The zero-order chi connectivity index (χ0) is 19.2. The molecule has 27 heavy (non-hydrogen) atoms. The second-order valence-corrected chi connectivity index (χ2v) is 6.79. The molecule has 0 saturated heterocycles. The molecule has 5 heteroatoms. The molecule has 2 aromatic rings. The van der Waals surface area contributed by atoms with E-state index in [1.54, 1.807) is 25.3 Å². The number of ketones is 1. The lowest BCUT2D eigenvalue weighted by Crippen LogP contribution is -2.12. The van der Waals surface area contributed by atoms with Crippen molar-refractivity contribution in [2.45, 2.75) is 45.3 Å². The van der Waals surface area contributed by atoms with Crippen molar-refractivity contribution in [1.29, 1.82) is 5.26 Å². The van der Waals surface area contributed by atoms with Gasteiger partial charge in [0, 0.05) is 12.1 Å². The zero-order valence-electron chi connectivity index (χ0n) is 15.7. The number of Topliss-reactive ketones (excluding diaryl/α,β-unsaturated/α-hetero) is 1. The second-order valence-electron chi connectivity index (χ2n) is 6.79. The lowest BCUT2D eigenvalue weighted by Gasteiger charge is -2.17. The summed E-state index contributed by atoms with van der Waals surface area (Å²) in [4.78, 5) is 11.6. The molecule has 0 unspecified atom stereocenters. The van der Waals surface area contributed by atoms with Gasteiger partial charge >= 0.3 is 0 Å². The molecule has 0 aromatic heterocycles. The number of methoxy groups -OCH3 is 1. The first-order valence-electron chi connectivity index (χ1n) is 9.23. The fraction of sp³-hybridized carbons (Fsp3) is 0.364. The largest absolute Gasteiger partial charge is 0.493 e. The van der Waals surface area contributed by atoms with Crippen molar-refractivity contribution in [3.8, 4) is 17.6 Å². The molecule has 1 aliphatic rings. The summed E-state index contributed by atoms with van der Waals surface area (Å²) in [6.45, 7) is 2.03. The van der Waals surface area contributed by atoms with E-state index in [1.165, 1.54) is 19.8 Å². The molecule has 3 rings (SSSR count). The number of nitriles is 1. The molecule has 140 valence electrons. The maximum Gasteiger partial charge on any atom is 0.161 e. The zero-order valence-corrected chi connectivity index (χ0v) is 15.7. The fourth-order valence-corrected chi connectivity index (χ4v) is 3.31. The van der Waals surface area contributed by atoms with Crippen LogP contribution >= 0.6 is 0 Å². The van der Waals surface area contributed by atoms with Crippen molar-refractivity contribution >= 4 is 11.5 Å². The van der Waals surface area contributed by atoms with Gasteiger partial charge < -0.3 is 14.8 Å². The van der Waals surface area contributed by atoms with Gasteiger partial charge in [-0.15, -0.1) is 0 Å². The molecule has 0 radical (unpaired) electrons. The Kier molecular flexibility index (Phi) is 5.97. The summed E-state index contributed by atoms with van der Waals surface area (Å²) in [6, 6.07) is 13.1. The van der Waals surface area contributed by atoms with E-state index < -0.39 is 0 Å². The van der Waals surface area contributed by atoms with Crippen molar-refractivity contribution in [3.05, 3.63) is 53.1 Å². The molecule has 0 aliphatic heterocycles. The highest BCUT2D eigenvalue weighted by Gasteiger charge is 2.18. The Morgan fingerprint density at radius 2 is 1.96 bits per heavy atom. The Morgan fingerprint density at radius 3 is 2.63 bits per heavy atom. The van der Waals surface area contributed by atoms with E-state index in [2.05, 4.69) is 11.4 Å². The summed E-state index contributed by atoms with van der Waals surface area (Å²) in [5.74, 6) is 1.45. The topological polar surface area (TPSA) is 71.3 Å². The summed E-state index contributed by atoms with van der Waals surface area (Å²) in [6.07, 6.45) is 4.82. The summed E-state index contributed by atoms with van der Waals surface area (Å²) in [5, 5.41) is 12.6. The number of benzene rings is 2. The number of hydrogen-bond donors (Lipinski definition) is 1. The van der Waals surface area contributed by atoms with Gasteiger partial charge in [-0.05, 0) is 68.5 Å². The molecule has 1 N–H and O–H groups in total.